The molecule has 8 nitrogen and oxygen atoms in total. The number of unbranched alkanes of at least 4 members (excludes halogenated alkanes) is 1. The normalized spacial score (nSPS) is 13.1. The van der Waals surface area contributed by atoms with Gasteiger partial charge < -0.3 is 16.4 Å². The summed E-state index contributed by atoms with van der Waals surface area (Å²) in [4.78, 5) is 32.8. The molecule has 3 amide bonds. The highest BCUT2D eigenvalue weighted by atomic mass is 16.2. The van der Waals surface area contributed by atoms with Gasteiger partial charge in [-0.05, 0) is 43.4 Å². The van der Waals surface area contributed by atoms with Crippen LogP contribution < -0.4 is 21.7 Å². The second-order valence-corrected chi connectivity index (χ2v) is 6.48. The first kappa shape index (κ1) is 18.8. The number of amides is 3. The highest BCUT2D eigenvalue weighted by molar-refractivity contribution is 6.00. The van der Waals surface area contributed by atoms with E-state index in [9.17, 15) is 9.59 Å². The average Bonchev–Trinajstić information content (AvgIpc) is 3.08. The first-order chi connectivity index (χ1) is 13.2. The summed E-state index contributed by atoms with van der Waals surface area (Å²) in [5, 5.41) is 8.30. The van der Waals surface area contributed by atoms with Crippen LogP contribution in [0.5, 0.6) is 0 Å². The first-order valence-corrected chi connectivity index (χ1v) is 9.11. The van der Waals surface area contributed by atoms with Gasteiger partial charge in [-0.2, -0.15) is 0 Å². The Morgan fingerprint density at radius 1 is 1.07 bits per heavy atom. The van der Waals surface area contributed by atoms with Gasteiger partial charge in [-0.1, -0.05) is 24.3 Å². The Bertz CT molecular complexity index is 785. The second kappa shape index (κ2) is 9.09. The van der Waals surface area contributed by atoms with Crippen LogP contribution in [0.25, 0.3) is 0 Å². The largest absolute Gasteiger partial charge is 0.347 e. The lowest BCUT2D eigenvalue weighted by Gasteiger charge is -2.14. The fourth-order valence-corrected chi connectivity index (χ4v) is 3.13. The smallest absolute Gasteiger partial charge is 0.320 e. The molecule has 0 saturated heterocycles. The van der Waals surface area contributed by atoms with E-state index in [1.165, 1.54) is 23.5 Å². The van der Waals surface area contributed by atoms with Crippen LogP contribution in [0.3, 0.4) is 0 Å². The van der Waals surface area contributed by atoms with Gasteiger partial charge in [-0.25, -0.2) is 14.8 Å². The fraction of sp³-hybridized carbons (Fsp3) is 0.368. The van der Waals surface area contributed by atoms with E-state index in [0.717, 1.165) is 25.7 Å². The maximum atomic E-state index is 12.7. The summed E-state index contributed by atoms with van der Waals surface area (Å²) < 4.78 is 0. The number of benzene rings is 1. The number of aromatic nitrogens is 2. The van der Waals surface area contributed by atoms with E-state index in [0.29, 0.717) is 13.1 Å². The summed E-state index contributed by atoms with van der Waals surface area (Å²) in [6, 6.07) is 7.74. The molecule has 1 heterocycles. The highest BCUT2D eigenvalue weighted by Crippen LogP contribution is 2.22. The number of urea groups is 1. The minimum Gasteiger partial charge on any atom is -0.347 e. The van der Waals surface area contributed by atoms with Gasteiger partial charge in [0.25, 0.3) is 5.91 Å². The van der Waals surface area contributed by atoms with Crippen molar-refractivity contribution in [2.24, 2.45) is 5.73 Å². The third kappa shape index (κ3) is 5.01. The maximum absolute atomic E-state index is 12.7. The molecule has 0 fully saturated rings. The molecule has 0 saturated carbocycles. The maximum Gasteiger partial charge on any atom is 0.320 e. The Morgan fingerprint density at radius 3 is 2.48 bits per heavy atom. The van der Waals surface area contributed by atoms with Crippen molar-refractivity contribution in [2.45, 2.75) is 31.7 Å². The molecule has 0 radical (unpaired) electrons. The zero-order valence-corrected chi connectivity index (χ0v) is 15.1. The molecule has 0 unspecified atom stereocenters. The number of carbonyl (C=O) groups excluding carboxylic acids is 2. The topological polar surface area (TPSA) is 122 Å². The zero-order chi connectivity index (χ0) is 19.1. The number of fused-ring (bicyclic) bond motifs is 1. The van der Waals surface area contributed by atoms with E-state index in [-0.39, 0.29) is 23.5 Å². The number of carbonyl (C=O) groups is 2. The van der Waals surface area contributed by atoms with Crippen LogP contribution in [0.1, 0.15) is 34.5 Å². The van der Waals surface area contributed by atoms with E-state index in [1.54, 1.807) is 0 Å². The van der Waals surface area contributed by atoms with Crippen LogP contribution in [0.4, 0.5) is 10.6 Å². The van der Waals surface area contributed by atoms with Crippen molar-refractivity contribution in [3.63, 3.8) is 0 Å². The molecule has 0 spiro atoms. The summed E-state index contributed by atoms with van der Waals surface area (Å²) in [5.74, 6) is -0.207. The van der Waals surface area contributed by atoms with E-state index in [1.807, 2.05) is 12.1 Å². The molecular weight excluding hydrogens is 344 g/mol. The quantitative estimate of drug-likeness (QED) is 0.548. The molecule has 2 aromatic rings. The number of hydrogen-bond donors (Lipinski definition) is 4. The van der Waals surface area contributed by atoms with Crippen molar-refractivity contribution < 1.29 is 9.59 Å². The predicted molar refractivity (Wildman–Crippen MR) is 102 cm³/mol. The number of nitrogens with two attached hydrogens (primary N) is 1. The lowest BCUT2D eigenvalue weighted by Crippen LogP contribution is -2.37. The van der Waals surface area contributed by atoms with Gasteiger partial charge in [0.15, 0.2) is 11.5 Å². The third-order valence-corrected chi connectivity index (χ3v) is 4.45. The fourth-order valence-electron chi connectivity index (χ4n) is 3.13. The van der Waals surface area contributed by atoms with Crippen molar-refractivity contribution in [3.8, 4) is 0 Å². The first-order valence-electron chi connectivity index (χ1n) is 9.11. The van der Waals surface area contributed by atoms with E-state index >= 15 is 0 Å². The van der Waals surface area contributed by atoms with Crippen molar-refractivity contribution in [2.75, 3.05) is 18.4 Å². The molecular formula is C19H24N6O2. The van der Waals surface area contributed by atoms with Crippen molar-refractivity contribution >= 4 is 17.8 Å². The SMILES string of the molecule is NCCCCNC(=O)Nc1nccnc1C(=O)NC1Cc2ccccc2C1. The lowest BCUT2D eigenvalue weighted by atomic mass is 10.1. The van der Waals surface area contributed by atoms with Crippen LogP contribution in [0.2, 0.25) is 0 Å². The van der Waals surface area contributed by atoms with E-state index in [4.69, 9.17) is 5.73 Å². The molecule has 27 heavy (non-hydrogen) atoms. The minimum atomic E-state index is -0.421. The molecule has 142 valence electrons. The minimum absolute atomic E-state index is 0.00912. The Morgan fingerprint density at radius 2 is 1.78 bits per heavy atom. The van der Waals surface area contributed by atoms with Crippen LogP contribution in [0.15, 0.2) is 36.7 Å². The Labute approximate surface area is 158 Å². The van der Waals surface area contributed by atoms with Gasteiger partial charge in [0.05, 0.1) is 0 Å². The summed E-state index contributed by atoms with van der Waals surface area (Å²) in [5.41, 5.74) is 8.02. The molecule has 8 heteroatoms. The van der Waals surface area contributed by atoms with Gasteiger partial charge in [0.1, 0.15) is 0 Å². The van der Waals surface area contributed by atoms with E-state index in [2.05, 4.69) is 38.1 Å². The van der Waals surface area contributed by atoms with Crippen LogP contribution >= 0.6 is 0 Å². The molecule has 0 atom stereocenters. The Balaban J connectivity index is 1.58. The van der Waals surface area contributed by atoms with Gasteiger partial charge in [-0.3, -0.25) is 10.1 Å². The molecule has 1 aliphatic rings. The lowest BCUT2D eigenvalue weighted by molar-refractivity contribution is 0.0934. The summed E-state index contributed by atoms with van der Waals surface area (Å²) >= 11 is 0. The van der Waals surface area contributed by atoms with Crippen molar-refractivity contribution in [3.05, 3.63) is 53.5 Å². The van der Waals surface area contributed by atoms with Crippen LogP contribution in [-0.2, 0) is 12.8 Å². The molecule has 0 bridgehead atoms. The van der Waals surface area contributed by atoms with Gasteiger partial charge >= 0.3 is 6.03 Å². The summed E-state index contributed by atoms with van der Waals surface area (Å²) in [7, 11) is 0. The zero-order valence-electron chi connectivity index (χ0n) is 15.1. The van der Waals surface area contributed by atoms with Gasteiger partial charge in [0, 0.05) is 25.0 Å². The Kier molecular flexibility index (Phi) is 6.32. The highest BCUT2D eigenvalue weighted by Gasteiger charge is 2.25. The molecule has 0 aliphatic heterocycles. The third-order valence-electron chi connectivity index (χ3n) is 4.45. The molecule has 1 aromatic carbocycles. The molecule has 3 rings (SSSR count). The molecule has 1 aromatic heterocycles. The number of nitrogens with one attached hydrogen (secondary N) is 3. The molecule has 1 aliphatic carbocycles. The van der Waals surface area contributed by atoms with Crippen molar-refractivity contribution in [1.29, 1.82) is 0 Å². The van der Waals surface area contributed by atoms with Crippen molar-refractivity contribution in [1.82, 2.24) is 20.6 Å². The predicted octanol–water partition coefficient (Wildman–Crippen LogP) is 1.23. The van der Waals surface area contributed by atoms with Gasteiger partial charge in [0.2, 0.25) is 0 Å². The number of nitrogens with zero attached hydrogens (tertiary/aromatic N) is 2. The number of anilines is 1. The standard InChI is InChI=1S/C19H24N6O2/c20-7-3-4-8-23-19(27)25-17-16(21-9-10-22-17)18(26)24-15-11-13-5-1-2-6-14(13)12-15/h1-2,5-6,9-10,15H,3-4,7-8,11-12,20H2,(H,24,26)(H2,22,23,25,27). The van der Waals surface area contributed by atoms with Crippen LogP contribution in [-0.4, -0.2) is 41.0 Å². The summed E-state index contributed by atoms with van der Waals surface area (Å²) in [6.07, 6.45) is 6.07. The molecule has 5 N–H and O–H groups in total. The van der Waals surface area contributed by atoms with Crippen LogP contribution in [0, 0.1) is 0 Å². The monoisotopic (exact) mass is 368 g/mol. The van der Waals surface area contributed by atoms with Gasteiger partial charge in [-0.15, -0.1) is 0 Å². The summed E-state index contributed by atoms with van der Waals surface area (Å²) in [6.45, 7) is 1.09. The average molecular weight is 368 g/mol. The second-order valence-electron chi connectivity index (χ2n) is 6.48. The Hall–Kier alpha value is -3.00. The number of rotatable bonds is 7. The van der Waals surface area contributed by atoms with E-state index < -0.39 is 6.03 Å². The number of hydrogen-bond acceptors (Lipinski definition) is 5.